The molecule has 2 unspecified atom stereocenters. The smallest absolute Gasteiger partial charge is 0.0272 e. The first-order valence-electron chi connectivity index (χ1n) is 6.16. The van der Waals surface area contributed by atoms with Gasteiger partial charge >= 0.3 is 0 Å². The fourth-order valence-corrected chi connectivity index (χ4v) is 3.17. The van der Waals surface area contributed by atoms with Crippen LogP contribution in [-0.4, -0.2) is 0 Å². The third kappa shape index (κ3) is 2.08. The Balaban J connectivity index is 2.64. The van der Waals surface area contributed by atoms with Gasteiger partial charge in [-0.3, -0.25) is 0 Å². The van der Waals surface area contributed by atoms with Gasteiger partial charge in [0.15, 0.2) is 0 Å². The summed E-state index contributed by atoms with van der Waals surface area (Å²) in [6.45, 7) is 9.65. The largest absolute Gasteiger partial charge is 0.0651 e. The highest BCUT2D eigenvalue weighted by atomic mass is 14.4. The lowest BCUT2D eigenvalue weighted by Gasteiger charge is -2.38. The molecule has 1 aliphatic carbocycles. The quantitative estimate of drug-likeness (QED) is 0.594. The Labute approximate surface area is 84.1 Å². The highest BCUT2D eigenvalue weighted by Crippen LogP contribution is 2.49. The Morgan fingerprint density at radius 3 is 2.00 bits per heavy atom. The van der Waals surface area contributed by atoms with E-state index in [0.717, 1.165) is 17.3 Å². The standard InChI is InChI=1S/C13H26/c1-5-11(3)12(4)13(6-2)9-7-8-10-13/h11-12H,5-10H2,1-4H3. The third-order valence-corrected chi connectivity index (χ3v) is 4.77. The summed E-state index contributed by atoms with van der Waals surface area (Å²) in [7, 11) is 0. The van der Waals surface area contributed by atoms with Crippen molar-refractivity contribution in [2.75, 3.05) is 0 Å². The summed E-state index contributed by atoms with van der Waals surface area (Å²) in [6, 6.07) is 0. The molecule has 0 radical (unpaired) electrons. The van der Waals surface area contributed by atoms with Crippen molar-refractivity contribution in [3.8, 4) is 0 Å². The lowest BCUT2D eigenvalue weighted by molar-refractivity contribution is 0.119. The highest BCUT2D eigenvalue weighted by Gasteiger charge is 2.38. The minimum atomic E-state index is 0.718. The molecule has 0 heterocycles. The van der Waals surface area contributed by atoms with Crippen molar-refractivity contribution < 1.29 is 0 Å². The molecule has 0 saturated heterocycles. The zero-order valence-corrected chi connectivity index (χ0v) is 9.90. The van der Waals surface area contributed by atoms with Gasteiger partial charge in [0.1, 0.15) is 0 Å². The monoisotopic (exact) mass is 182 g/mol. The first-order chi connectivity index (χ1) is 6.16. The van der Waals surface area contributed by atoms with Gasteiger partial charge in [0.2, 0.25) is 0 Å². The van der Waals surface area contributed by atoms with Crippen LogP contribution in [0.5, 0.6) is 0 Å². The van der Waals surface area contributed by atoms with Crippen molar-refractivity contribution in [2.24, 2.45) is 17.3 Å². The number of hydrogen-bond acceptors (Lipinski definition) is 0. The van der Waals surface area contributed by atoms with E-state index < -0.39 is 0 Å². The summed E-state index contributed by atoms with van der Waals surface area (Å²) in [5.41, 5.74) is 0.718. The van der Waals surface area contributed by atoms with Gasteiger partial charge in [0.25, 0.3) is 0 Å². The molecule has 78 valence electrons. The van der Waals surface area contributed by atoms with E-state index in [1.807, 2.05) is 0 Å². The molecule has 0 aromatic carbocycles. The van der Waals surface area contributed by atoms with Gasteiger partial charge in [-0.05, 0) is 30.1 Å². The van der Waals surface area contributed by atoms with Crippen molar-refractivity contribution in [3.63, 3.8) is 0 Å². The van der Waals surface area contributed by atoms with Gasteiger partial charge in [0.05, 0.1) is 0 Å². The lowest BCUT2D eigenvalue weighted by atomic mass is 9.67. The Morgan fingerprint density at radius 2 is 1.62 bits per heavy atom. The van der Waals surface area contributed by atoms with Gasteiger partial charge < -0.3 is 0 Å². The second kappa shape index (κ2) is 4.48. The second-order valence-electron chi connectivity index (χ2n) is 5.10. The molecule has 0 amide bonds. The van der Waals surface area contributed by atoms with E-state index in [4.69, 9.17) is 0 Å². The van der Waals surface area contributed by atoms with Crippen molar-refractivity contribution in [3.05, 3.63) is 0 Å². The van der Waals surface area contributed by atoms with Crippen molar-refractivity contribution in [1.82, 2.24) is 0 Å². The molecule has 1 fully saturated rings. The molecule has 1 saturated carbocycles. The highest BCUT2D eigenvalue weighted by molar-refractivity contribution is 4.89. The van der Waals surface area contributed by atoms with E-state index in [0.29, 0.717) is 0 Å². The molecule has 1 rings (SSSR count). The van der Waals surface area contributed by atoms with E-state index in [1.165, 1.54) is 38.5 Å². The van der Waals surface area contributed by atoms with Crippen LogP contribution >= 0.6 is 0 Å². The first kappa shape index (κ1) is 11.1. The number of hydrogen-bond donors (Lipinski definition) is 0. The minimum absolute atomic E-state index is 0.718. The Bertz CT molecular complexity index is 142. The summed E-state index contributed by atoms with van der Waals surface area (Å²) in [6.07, 6.45) is 8.70. The van der Waals surface area contributed by atoms with E-state index in [-0.39, 0.29) is 0 Å². The minimum Gasteiger partial charge on any atom is -0.0651 e. The molecule has 0 spiro atoms. The van der Waals surface area contributed by atoms with Crippen LogP contribution in [0.25, 0.3) is 0 Å². The van der Waals surface area contributed by atoms with Crippen LogP contribution < -0.4 is 0 Å². The lowest BCUT2D eigenvalue weighted by Crippen LogP contribution is -2.29. The maximum Gasteiger partial charge on any atom is -0.0272 e. The SMILES string of the molecule is CCC(C)C(C)C1(CC)CCCC1. The summed E-state index contributed by atoms with van der Waals surface area (Å²) in [5, 5.41) is 0. The fraction of sp³-hybridized carbons (Fsp3) is 1.00. The van der Waals surface area contributed by atoms with Crippen LogP contribution in [0.1, 0.15) is 66.2 Å². The van der Waals surface area contributed by atoms with Gasteiger partial charge in [0, 0.05) is 0 Å². The summed E-state index contributed by atoms with van der Waals surface area (Å²) in [4.78, 5) is 0. The van der Waals surface area contributed by atoms with E-state index in [2.05, 4.69) is 27.7 Å². The normalized spacial score (nSPS) is 25.8. The molecule has 0 heteroatoms. The topological polar surface area (TPSA) is 0 Å². The molecule has 2 atom stereocenters. The maximum atomic E-state index is 2.49. The molecule has 0 nitrogen and oxygen atoms in total. The van der Waals surface area contributed by atoms with Gasteiger partial charge in [-0.25, -0.2) is 0 Å². The third-order valence-electron chi connectivity index (χ3n) is 4.77. The Morgan fingerprint density at radius 1 is 1.08 bits per heavy atom. The zero-order valence-electron chi connectivity index (χ0n) is 9.90. The molecular weight excluding hydrogens is 156 g/mol. The molecule has 13 heavy (non-hydrogen) atoms. The van der Waals surface area contributed by atoms with Gasteiger partial charge in [-0.15, -0.1) is 0 Å². The molecule has 0 aliphatic heterocycles. The van der Waals surface area contributed by atoms with Crippen LogP contribution in [-0.2, 0) is 0 Å². The first-order valence-corrected chi connectivity index (χ1v) is 6.16. The molecule has 0 N–H and O–H groups in total. The molecule has 0 aromatic heterocycles. The zero-order chi connectivity index (χ0) is 9.90. The van der Waals surface area contributed by atoms with Gasteiger partial charge in [-0.2, -0.15) is 0 Å². The van der Waals surface area contributed by atoms with Crippen LogP contribution in [0.4, 0.5) is 0 Å². The van der Waals surface area contributed by atoms with Gasteiger partial charge in [-0.1, -0.05) is 53.4 Å². The van der Waals surface area contributed by atoms with Crippen LogP contribution in [0.15, 0.2) is 0 Å². The summed E-state index contributed by atoms with van der Waals surface area (Å²) < 4.78 is 0. The molecule has 1 aliphatic rings. The van der Waals surface area contributed by atoms with Crippen LogP contribution in [0.3, 0.4) is 0 Å². The molecule has 0 aromatic rings. The van der Waals surface area contributed by atoms with Crippen LogP contribution in [0, 0.1) is 17.3 Å². The van der Waals surface area contributed by atoms with E-state index in [9.17, 15) is 0 Å². The average molecular weight is 182 g/mol. The summed E-state index contributed by atoms with van der Waals surface area (Å²) in [5.74, 6) is 1.85. The van der Waals surface area contributed by atoms with Crippen molar-refractivity contribution in [2.45, 2.75) is 66.2 Å². The second-order valence-corrected chi connectivity index (χ2v) is 5.10. The molecule has 0 bridgehead atoms. The van der Waals surface area contributed by atoms with E-state index in [1.54, 1.807) is 0 Å². The van der Waals surface area contributed by atoms with E-state index >= 15 is 0 Å². The molecular formula is C13H26. The van der Waals surface area contributed by atoms with Crippen molar-refractivity contribution >= 4 is 0 Å². The average Bonchev–Trinajstić information content (AvgIpc) is 2.65. The Hall–Kier alpha value is 0. The predicted octanol–water partition coefficient (Wildman–Crippen LogP) is 4.64. The Kier molecular flexibility index (Phi) is 3.82. The number of rotatable bonds is 4. The summed E-state index contributed by atoms with van der Waals surface area (Å²) >= 11 is 0. The van der Waals surface area contributed by atoms with Crippen molar-refractivity contribution in [1.29, 1.82) is 0 Å². The predicted molar refractivity (Wildman–Crippen MR) is 59.8 cm³/mol. The maximum absolute atomic E-state index is 2.49. The fourth-order valence-electron chi connectivity index (χ4n) is 3.17. The van der Waals surface area contributed by atoms with Crippen LogP contribution in [0.2, 0.25) is 0 Å².